The van der Waals surface area contributed by atoms with Crippen LogP contribution in [0.2, 0.25) is 0 Å². The molecule has 0 radical (unpaired) electrons. The van der Waals surface area contributed by atoms with Crippen LogP contribution in [0.3, 0.4) is 0 Å². The molecule has 0 spiro atoms. The highest BCUT2D eigenvalue weighted by Crippen LogP contribution is 2.37. The minimum absolute atomic E-state index is 0.0582. The third-order valence-corrected chi connectivity index (χ3v) is 7.27. The summed E-state index contributed by atoms with van der Waals surface area (Å²) in [5, 5.41) is 0. The number of hydrogen-bond acceptors (Lipinski definition) is 2. The molecule has 2 aromatic carbocycles. The fourth-order valence-corrected chi connectivity index (χ4v) is 5.54. The molecule has 0 aliphatic carbocycles. The number of nitrogens with zero attached hydrogens (tertiary/aromatic N) is 2. The first kappa shape index (κ1) is 23.0. The highest BCUT2D eigenvalue weighted by molar-refractivity contribution is 5.80. The smallest absolute Gasteiger partial charge is 0.226 e. The Morgan fingerprint density at radius 3 is 2.50 bits per heavy atom. The van der Waals surface area contributed by atoms with Gasteiger partial charge in [0.2, 0.25) is 5.91 Å². The summed E-state index contributed by atoms with van der Waals surface area (Å²) in [6, 6.07) is 15.9. The van der Waals surface area contributed by atoms with Crippen molar-refractivity contribution in [3.63, 3.8) is 0 Å². The molecule has 1 saturated heterocycles. The molecule has 2 aliphatic rings. The lowest BCUT2D eigenvalue weighted by molar-refractivity contribution is -0.141. The maximum Gasteiger partial charge on any atom is 0.226 e. The molecule has 2 aliphatic heterocycles. The van der Waals surface area contributed by atoms with Gasteiger partial charge in [-0.2, -0.15) is 0 Å². The predicted octanol–water partition coefficient (Wildman–Crippen LogP) is 5.64. The van der Waals surface area contributed by atoms with E-state index in [1.807, 2.05) is 6.07 Å². The van der Waals surface area contributed by atoms with Gasteiger partial charge in [-0.25, -0.2) is 4.39 Å². The van der Waals surface area contributed by atoms with Crippen LogP contribution in [-0.4, -0.2) is 41.9 Å². The monoisotopic (exact) mass is 436 g/mol. The van der Waals surface area contributed by atoms with Crippen molar-refractivity contribution in [3.8, 4) is 0 Å². The molecule has 172 valence electrons. The standard InChI is InChI=1S/C28H37FN2O/c1-21(2)27-26-12-11-25(29)20-24(26)15-19-31(27)28(32)23-13-17-30(18-14-23)16-7-6-10-22-8-4-3-5-9-22/h3-5,8-9,11-12,20-21,23,27H,6-7,10,13-19H2,1-2H3. The van der Waals surface area contributed by atoms with Crippen LogP contribution in [0.25, 0.3) is 0 Å². The summed E-state index contributed by atoms with van der Waals surface area (Å²) in [5.74, 6) is 0.566. The van der Waals surface area contributed by atoms with Gasteiger partial charge in [0.05, 0.1) is 6.04 Å². The number of benzene rings is 2. The normalized spacial score (nSPS) is 19.9. The first-order valence-electron chi connectivity index (χ1n) is 12.4. The minimum atomic E-state index is -0.179. The Morgan fingerprint density at radius 1 is 1.03 bits per heavy atom. The number of carbonyl (C=O) groups is 1. The Morgan fingerprint density at radius 2 is 1.78 bits per heavy atom. The van der Waals surface area contributed by atoms with E-state index in [1.165, 1.54) is 18.4 Å². The van der Waals surface area contributed by atoms with Crippen LogP contribution in [0.5, 0.6) is 0 Å². The van der Waals surface area contributed by atoms with Crippen molar-refractivity contribution in [2.75, 3.05) is 26.2 Å². The maximum atomic E-state index is 13.7. The molecule has 1 atom stereocenters. The van der Waals surface area contributed by atoms with Gasteiger partial charge in [0.1, 0.15) is 5.82 Å². The van der Waals surface area contributed by atoms with Gasteiger partial charge in [-0.3, -0.25) is 4.79 Å². The fourth-order valence-electron chi connectivity index (χ4n) is 5.54. The predicted molar refractivity (Wildman–Crippen MR) is 128 cm³/mol. The van der Waals surface area contributed by atoms with Gasteiger partial charge in [0.15, 0.2) is 0 Å². The van der Waals surface area contributed by atoms with E-state index in [2.05, 4.69) is 54.0 Å². The highest BCUT2D eigenvalue weighted by atomic mass is 19.1. The van der Waals surface area contributed by atoms with E-state index in [-0.39, 0.29) is 17.8 Å². The van der Waals surface area contributed by atoms with Crippen molar-refractivity contribution in [1.29, 1.82) is 0 Å². The summed E-state index contributed by atoms with van der Waals surface area (Å²) in [5.41, 5.74) is 3.62. The summed E-state index contributed by atoms with van der Waals surface area (Å²) in [6.45, 7) is 8.21. The Labute approximate surface area is 192 Å². The second-order valence-electron chi connectivity index (χ2n) is 9.87. The molecule has 1 unspecified atom stereocenters. The molecule has 2 aromatic rings. The average molecular weight is 437 g/mol. The molecule has 32 heavy (non-hydrogen) atoms. The average Bonchev–Trinajstić information content (AvgIpc) is 2.81. The van der Waals surface area contributed by atoms with E-state index < -0.39 is 0 Å². The van der Waals surface area contributed by atoms with Crippen LogP contribution >= 0.6 is 0 Å². The molecule has 2 heterocycles. The molecule has 4 heteroatoms. The molecule has 3 nitrogen and oxygen atoms in total. The zero-order valence-electron chi connectivity index (χ0n) is 19.6. The fraction of sp³-hybridized carbons (Fsp3) is 0.536. The number of aryl methyl sites for hydroxylation is 1. The summed E-state index contributed by atoms with van der Waals surface area (Å²) in [7, 11) is 0. The maximum absolute atomic E-state index is 13.7. The lowest BCUT2D eigenvalue weighted by atomic mass is 9.84. The molecule has 1 amide bonds. The van der Waals surface area contributed by atoms with Crippen molar-refractivity contribution < 1.29 is 9.18 Å². The van der Waals surface area contributed by atoms with Crippen molar-refractivity contribution in [2.45, 2.75) is 58.4 Å². The van der Waals surface area contributed by atoms with Crippen molar-refractivity contribution in [1.82, 2.24) is 9.80 Å². The summed E-state index contributed by atoms with van der Waals surface area (Å²) in [4.78, 5) is 18.1. The number of hydrogen-bond donors (Lipinski definition) is 0. The Balaban J connectivity index is 1.28. The van der Waals surface area contributed by atoms with Gasteiger partial charge >= 0.3 is 0 Å². The van der Waals surface area contributed by atoms with Crippen molar-refractivity contribution in [3.05, 3.63) is 71.0 Å². The molecule has 4 rings (SSSR count). The lowest BCUT2D eigenvalue weighted by Crippen LogP contribution is -2.47. The minimum Gasteiger partial charge on any atom is -0.335 e. The SMILES string of the molecule is CC(C)C1c2ccc(F)cc2CCN1C(=O)C1CCN(CCCCc2ccccc2)CC1. The van der Waals surface area contributed by atoms with Crippen LogP contribution in [0, 0.1) is 17.7 Å². The highest BCUT2D eigenvalue weighted by Gasteiger charge is 2.37. The molecular formula is C28H37FN2O. The van der Waals surface area contributed by atoms with Crippen LogP contribution in [0.1, 0.15) is 62.3 Å². The number of rotatable bonds is 7. The van der Waals surface area contributed by atoms with E-state index in [0.717, 1.165) is 56.4 Å². The van der Waals surface area contributed by atoms with Gasteiger partial charge in [0.25, 0.3) is 0 Å². The van der Waals surface area contributed by atoms with E-state index in [4.69, 9.17) is 0 Å². The Kier molecular flexibility index (Phi) is 7.62. The number of fused-ring (bicyclic) bond motifs is 1. The van der Waals surface area contributed by atoms with Crippen molar-refractivity contribution in [2.24, 2.45) is 11.8 Å². The van der Waals surface area contributed by atoms with Crippen LogP contribution in [0.4, 0.5) is 4.39 Å². The molecule has 1 fully saturated rings. The van der Waals surface area contributed by atoms with Crippen LogP contribution in [-0.2, 0) is 17.6 Å². The van der Waals surface area contributed by atoms with Gasteiger partial charge in [-0.15, -0.1) is 0 Å². The number of likely N-dealkylation sites (tertiary alicyclic amines) is 1. The van der Waals surface area contributed by atoms with Gasteiger partial charge in [-0.05, 0) is 92.9 Å². The molecular weight excluding hydrogens is 399 g/mol. The Hall–Kier alpha value is -2.20. The van der Waals surface area contributed by atoms with Gasteiger partial charge < -0.3 is 9.80 Å². The third kappa shape index (κ3) is 5.40. The van der Waals surface area contributed by atoms with Crippen LogP contribution < -0.4 is 0 Å². The molecule has 0 N–H and O–H groups in total. The second kappa shape index (κ2) is 10.6. The topological polar surface area (TPSA) is 23.6 Å². The molecule has 0 bridgehead atoms. The van der Waals surface area contributed by atoms with Gasteiger partial charge in [0, 0.05) is 12.5 Å². The van der Waals surface area contributed by atoms with Crippen LogP contribution in [0.15, 0.2) is 48.5 Å². The molecule has 0 aromatic heterocycles. The van der Waals surface area contributed by atoms with Gasteiger partial charge in [-0.1, -0.05) is 50.2 Å². The first-order chi connectivity index (χ1) is 15.5. The van der Waals surface area contributed by atoms with E-state index in [9.17, 15) is 9.18 Å². The third-order valence-electron chi connectivity index (χ3n) is 7.27. The van der Waals surface area contributed by atoms with E-state index >= 15 is 0 Å². The first-order valence-corrected chi connectivity index (χ1v) is 12.4. The largest absolute Gasteiger partial charge is 0.335 e. The number of carbonyl (C=O) groups excluding carboxylic acids is 1. The summed E-state index contributed by atoms with van der Waals surface area (Å²) >= 11 is 0. The quantitative estimate of drug-likeness (QED) is 0.524. The van der Waals surface area contributed by atoms with E-state index in [0.29, 0.717) is 18.4 Å². The number of amides is 1. The molecule has 0 saturated carbocycles. The number of unbranched alkanes of at least 4 members (excludes halogenated alkanes) is 1. The summed E-state index contributed by atoms with van der Waals surface area (Å²) < 4.78 is 13.7. The second-order valence-corrected chi connectivity index (χ2v) is 9.87. The van der Waals surface area contributed by atoms with Crippen molar-refractivity contribution >= 4 is 5.91 Å². The van der Waals surface area contributed by atoms with E-state index in [1.54, 1.807) is 12.1 Å². The zero-order valence-corrected chi connectivity index (χ0v) is 19.6. The zero-order chi connectivity index (χ0) is 22.5. The Bertz CT molecular complexity index is 890. The number of halogens is 1. The number of piperidine rings is 1. The lowest BCUT2D eigenvalue weighted by Gasteiger charge is -2.42. The summed E-state index contributed by atoms with van der Waals surface area (Å²) in [6.07, 6.45) is 6.23.